The zero-order valence-electron chi connectivity index (χ0n) is 10.8. The highest BCUT2D eigenvalue weighted by Crippen LogP contribution is 2.32. The quantitative estimate of drug-likeness (QED) is 0.863. The molecule has 0 spiro atoms. The fraction of sp³-hybridized carbons (Fsp3) is 0.571. The second-order valence-corrected chi connectivity index (χ2v) is 5.22. The molecule has 3 nitrogen and oxygen atoms in total. The van der Waals surface area contributed by atoms with Crippen molar-refractivity contribution in [2.45, 2.75) is 32.0 Å². The molecule has 18 heavy (non-hydrogen) atoms. The molecule has 0 bridgehead atoms. The van der Waals surface area contributed by atoms with Gasteiger partial charge < -0.3 is 15.1 Å². The largest absolute Gasteiger partial charge is 0.393 e. The molecule has 1 fully saturated rings. The lowest BCUT2D eigenvalue weighted by atomic mass is 9.82. The fourth-order valence-corrected chi connectivity index (χ4v) is 2.61. The van der Waals surface area contributed by atoms with E-state index in [1.807, 2.05) is 18.0 Å². The lowest BCUT2D eigenvalue weighted by Gasteiger charge is -2.36. The van der Waals surface area contributed by atoms with Crippen LogP contribution in [0.5, 0.6) is 0 Å². The van der Waals surface area contributed by atoms with Gasteiger partial charge in [-0.2, -0.15) is 0 Å². The molecule has 1 aromatic rings. The maximum Gasteiger partial charge on any atom is 0.131 e. The highest BCUT2D eigenvalue weighted by atomic mass is 19.1. The molecule has 0 radical (unpaired) electrons. The zero-order valence-corrected chi connectivity index (χ0v) is 10.8. The number of halogens is 1. The molecule has 1 aliphatic carbocycles. The average molecular weight is 253 g/mol. The summed E-state index contributed by atoms with van der Waals surface area (Å²) >= 11 is 0. The molecule has 0 saturated heterocycles. The van der Waals surface area contributed by atoms with Crippen LogP contribution in [-0.4, -0.2) is 29.9 Å². The molecule has 0 unspecified atom stereocenters. The highest BCUT2D eigenvalue weighted by molar-refractivity contribution is 5.54. The number of nitrogens with zero attached hydrogens (tertiary/aromatic N) is 1. The van der Waals surface area contributed by atoms with Crippen LogP contribution in [-0.2, 0) is 0 Å². The fourth-order valence-electron chi connectivity index (χ4n) is 2.61. The van der Waals surface area contributed by atoms with Crippen molar-refractivity contribution in [1.82, 2.24) is 0 Å². The predicted octanol–water partition coefficient (Wildman–Crippen LogP) is 2.09. The lowest BCUT2D eigenvalue weighted by Crippen LogP contribution is -2.37. The van der Waals surface area contributed by atoms with Gasteiger partial charge in [-0.05, 0) is 37.8 Å². The van der Waals surface area contributed by atoms with Crippen LogP contribution in [0.15, 0.2) is 18.2 Å². The summed E-state index contributed by atoms with van der Waals surface area (Å²) in [4.78, 5) is 1.96. The zero-order chi connectivity index (χ0) is 13.3. The first-order chi connectivity index (χ1) is 8.49. The van der Waals surface area contributed by atoms with Crippen LogP contribution in [0.3, 0.4) is 0 Å². The Morgan fingerprint density at radius 1 is 1.44 bits per heavy atom. The van der Waals surface area contributed by atoms with E-state index in [9.17, 15) is 14.6 Å². The van der Waals surface area contributed by atoms with E-state index in [-0.39, 0.29) is 11.9 Å². The maximum atomic E-state index is 13.7. The van der Waals surface area contributed by atoms with E-state index >= 15 is 0 Å². The molecule has 1 aromatic carbocycles. The van der Waals surface area contributed by atoms with Gasteiger partial charge in [-0.3, -0.25) is 0 Å². The molecule has 0 heterocycles. The van der Waals surface area contributed by atoms with Crippen LogP contribution in [0, 0.1) is 11.7 Å². The molecular weight excluding hydrogens is 233 g/mol. The van der Waals surface area contributed by atoms with Crippen LogP contribution >= 0.6 is 0 Å². The smallest absolute Gasteiger partial charge is 0.131 e. The van der Waals surface area contributed by atoms with Gasteiger partial charge in [-0.25, -0.2) is 4.39 Å². The normalized spacial score (nSPS) is 24.5. The van der Waals surface area contributed by atoms with Crippen molar-refractivity contribution in [3.05, 3.63) is 29.6 Å². The molecule has 1 atom stereocenters. The molecule has 4 heteroatoms. The number of aliphatic hydroxyl groups excluding tert-OH is 2. The predicted molar refractivity (Wildman–Crippen MR) is 69.0 cm³/mol. The Bertz CT molecular complexity index is 416. The molecule has 0 amide bonds. The van der Waals surface area contributed by atoms with E-state index < -0.39 is 6.10 Å². The first-order valence-electron chi connectivity index (χ1n) is 6.34. The lowest BCUT2D eigenvalue weighted by molar-refractivity contribution is 0.0464. The first kappa shape index (κ1) is 13.3. The van der Waals surface area contributed by atoms with E-state index in [2.05, 4.69) is 0 Å². The van der Waals surface area contributed by atoms with Gasteiger partial charge in [-0.15, -0.1) is 0 Å². The van der Waals surface area contributed by atoms with Gasteiger partial charge in [0.05, 0.1) is 12.2 Å². The Morgan fingerprint density at radius 2 is 2.11 bits per heavy atom. The van der Waals surface area contributed by atoms with Gasteiger partial charge in [0.2, 0.25) is 0 Å². The van der Waals surface area contributed by atoms with Crippen LogP contribution in [0.2, 0.25) is 0 Å². The third-order valence-corrected chi connectivity index (χ3v) is 3.60. The van der Waals surface area contributed by atoms with Gasteiger partial charge in [0.25, 0.3) is 0 Å². The molecule has 2 N–H and O–H groups in total. The number of aliphatic hydroxyl groups is 2. The van der Waals surface area contributed by atoms with E-state index in [0.717, 1.165) is 25.1 Å². The molecule has 2 rings (SSSR count). The van der Waals surface area contributed by atoms with Gasteiger partial charge >= 0.3 is 0 Å². The van der Waals surface area contributed by atoms with E-state index in [0.29, 0.717) is 11.5 Å². The Labute approximate surface area is 107 Å². The summed E-state index contributed by atoms with van der Waals surface area (Å²) in [7, 11) is 1.89. The van der Waals surface area contributed by atoms with Crippen LogP contribution in [0.4, 0.5) is 10.1 Å². The maximum absolute atomic E-state index is 13.7. The second-order valence-electron chi connectivity index (χ2n) is 5.22. The summed E-state index contributed by atoms with van der Waals surface area (Å²) in [5.41, 5.74) is 1.08. The van der Waals surface area contributed by atoms with Gasteiger partial charge in [0.1, 0.15) is 5.82 Å². The topological polar surface area (TPSA) is 43.7 Å². The summed E-state index contributed by atoms with van der Waals surface area (Å²) in [5.74, 6) is 0.0816. The molecule has 1 aliphatic rings. The minimum absolute atomic E-state index is 0.174. The van der Waals surface area contributed by atoms with Crippen LogP contribution < -0.4 is 4.90 Å². The van der Waals surface area contributed by atoms with Crippen molar-refractivity contribution >= 4 is 5.69 Å². The van der Waals surface area contributed by atoms with Crippen molar-refractivity contribution in [3.8, 4) is 0 Å². The standard InChI is InChI=1S/C14H20FNO2/c1-9(17)14-12(15)4-3-5-13(14)16(2)8-10-6-11(18)7-10/h3-5,9-11,17-18H,6-8H2,1-2H3/t9-,10?,11?/m1/s1. The Morgan fingerprint density at radius 3 is 2.67 bits per heavy atom. The monoisotopic (exact) mass is 253 g/mol. The molecule has 0 aliphatic heterocycles. The second kappa shape index (κ2) is 5.24. The SMILES string of the molecule is C[C@@H](O)c1c(F)cccc1N(C)CC1CC(O)C1. The third kappa shape index (κ3) is 2.65. The van der Waals surface area contributed by atoms with Gasteiger partial charge in [0, 0.05) is 24.8 Å². The minimum Gasteiger partial charge on any atom is -0.393 e. The summed E-state index contributed by atoms with van der Waals surface area (Å²) in [6.07, 6.45) is 0.621. The first-order valence-corrected chi connectivity index (χ1v) is 6.34. The highest BCUT2D eigenvalue weighted by Gasteiger charge is 2.28. The van der Waals surface area contributed by atoms with Gasteiger partial charge in [0.15, 0.2) is 0 Å². The Balaban J connectivity index is 2.14. The number of rotatable bonds is 4. The van der Waals surface area contributed by atoms with E-state index in [1.165, 1.54) is 6.07 Å². The number of benzene rings is 1. The molecule has 100 valence electrons. The third-order valence-electron chi connectivity index (χ3n) is 3.60. The summed E-state index contributed by atoms with van der Waals surface area (Å²) < 4.78 is 13.7. The van der Waals surface area contributed by atoms with Crippen molar-refractivity contribution in [1.29, 1.82) is 0 Å². The van der Waals surface area contributed by atoms with E-state index in [1.54, 1.807) is 13.0 Å². The summed E-state index contributed by atoms with van der Waals surface area (Å²) in [5, 5.41) is 18.9. The van der Waals surface area contributed by atoms with Crippen molar-refractivity contribution in [2.75, 3.05) is 18.5 Å². The Hall–Kier alpha value is -1.13. The molecular formula is C14H20FNO2. The minimum atomic E-state index is -0.823. The van der Waals surface area contributed by atoms with Crippen LogP contribution in [0.25, 0.3) is 0 Å². The summed E-state index contributed by atoms with van der Waals surface area (Å²) in [6.45, 7) is 2.35. The molecule has 1 saturated carbocycles. The Kier molecular flexibility index (Phi) is 3.88. The van der Waals surface area contributed by atoms with Crippen molar-refractivity contribution < 1.29 is 14.6 Å². The number of hydrogen-bond donors (Lipinski definition) is 2. The van der Waals surface area contributed by atoms with Crippen molar-refractivity contribution in [3.63, 3.8) is 0 Å². The summed E-state index contributed by atoms with van der Waals surface area (Å²) in [6, 6.07) is 4.84. The van der Waals surface area contributed by atoms with Crippen molar-refractivity contribution in [2.24, 2.45) is 5.92 Å². The molecule has 0 aromatic heterocycles. The van der Waals surface area contributed by atoms with Crippen LogP contribution in [0.1, 0.15) is 31.4 Å². The average Bonchev–Trinajstić information content (AvgIpc) is 2.26. The number of anilines is 1. The van der Waals surface area contributed by atoms with E-state index in [4.69, 9.17) is 0 Å². The number of hydrogen-bond acceptors (Lipinski definition) is 3. The van der Waals surface area contributed by atoms with Gasteiger partial charge in [-0.1, -0.05) is 6.07 Å².